The predicted molar refractivity (Wildman–Crippen MR) is 49.3 cm³/mol. The van der Waals surface area contributed by atoms with Gasteiger partial charge in [0.05, 0.1) is 5.25 Å². The van der Waals surface area contributed by atoms with E-state index in [1.165, 1.54) is 6.92 Å². The smallest absolute Gasteiger partial charge is 0.376 e. The Balaban J connectivity index is 4.15. The molecule has 0 aromatic carbocycles. The largest absolute Gasteiger partial charge is 0.454 e. The van der Waals surface area contributed by atoms with E-state index in [2.05, 4.69) is 12.6 Å². The van der Waals surface area contributed by atoms with Crippen molar-refractivity contribution in [2.75, 3.05) is 0 Å². The van der Waals surface area contributed by atoms with Crippen molar-refractivity contribution in [2.24, 2.45) is 0 Å². The molecule has 0 N–H and O–H groups in total. The van der Waals surface area contributed by atoms with E-state index in [0.717, 1.165) is 0 Å². The maximum Gasteiger partial charge on any atom is 0.376 e. The highest BCUT2D eigenvalue weighted by Gasteiger charge is 2.24. The molecule has 0 aromatic rings. The molecule has 0 heterocycles. The quantitative estimate of drug-likeness (QED) is 0.404. The first kappa shape index (κ1) is 11.5. The van der Waals surface area contributed by atoms with Crippen molar-refractivity contribution in [2.45, 2.75) is 38.5 Å². The molecular weight excluding hydrogens is 176 g/mol. The highest BCUT2D eigenvalue weighted by atomic mass is 32.1. The fraction of sp³-hybridized carbons (Fsp3) is 0.750. The maximum absolute atomic E-state index is 11.0. The van der Waals surface area contributed by atoms with E-state index in [1.54, 1.807) is 20.8 Å². The Labute approximate surface area is 77.9 Å². The second-order valence-electron chi connectivity index (χ2n) is 3.54. The van der Waals surface area contributed by atoms with Crippen LogP contribution in [0.3, 0.4) is 0 Å². The molecule has 0 bridgehead atoms. The molecule has 1 atom stereocenters. The van der Waals surface area contributed by atoms with Crippen LogP contribution < -0.4 is 0 Å². The number of Topliss-reactive ketones (excluding diaryl/α,β-unsaturated/α-hetero) is 1. The Kier molecular flexibility index (Phi) is 3.77. The van der Waals surface area contributed by atoms with Gasteiger partial charge >= 0.3 is 5.97 Å². The maximum atomic E-state index is 11.0. The van der Waals surface area contributed by atoms with Gasteiger partial charge in [-0.25, -0.2) is 4.79 Å². The molecule has 70 valence electrons. The zero-order valence-corrected chi connectivity index (χ0v) is 8.64. The lowest BCUT2D eigenvalue weighted by Crippen LogP contribution is -2.32. The summed E-state index contributed by atoms with van der Waals surface area (Å²) in [4.78, 5) is 21.9. The fourth-order valence-corrected chi connectivity index (χ4v) is 0.604. The fourth-order valence-electron chi connectivity index (χ4n) is 0.499. The zero-order valence-electron chi connectivity index (χ0n) is 7.75. The van der Waals surface area contributed by atoms with Crippen molar-refractivity contribution in [3.05, 3.63) is 0 Å². The van der Waals surface area contributed by atoms with E-state index in [-0.39, 0.29) is 0 Å². The van der Waals surface area contributed by atoms with E-state index in [1.807, 2.05) is 0 Å². The Morgan fingerprint density at radius 2 is 1.75 bits per heavy atom. The van der Waals surface area contributed by atoms with Gasteiger partial charge in [-0.1, -0.05) is 0 Å². The molecule has 0 rings (SSSR count). The second-order valence-corrected chi connectivity index (χ2v) is 4.32. The minimum Gasteiger partial charge on any atom is -0.454 e. The summed E-state index contributed by atoms with van der Waals surface area (Å²) in [5.41, 5.74) is -0.616. The van der Waals surface area contributed by atoms with Crippen LogP contribution in [0.15, 0.2) is 0 Å². The monoisotopic (exact) mass is 190 g/mol. The molecule has 0 aliphatic carbocycles. The molecule has 0 saturated carbocycles. The van der Waals surface area contributed by atoms with Crippen LogP contribution in [0.4, 0.5) is 0 Å². The van der Waals surface area contributed by atoms with Crippen molar-refractivity contribution in [3.63, 3.8) is 0 Å². The Morgan fingerprint density at radius 3 is 2.00 bits per heavy atom. The lowest BCUT2D eigenvalue weighted by Gasteiger charge is -2.19. The van der Waals surface area contributed by atoms with Crippen molar-refractivity contribution in [3.8, 4) is 0 Å². The van der Waals surface area contributed by atoms with Crippen LogP contribution in [-0.4, -0.2) is 22.6 Å². The van der Waals surface area contributed by atoms with Crippen molar-refractivity contribution >= 4 is 24.4 Å². The number of esters is 1. The molecule has 0 spiro atoms. The Morgan fingerprint density at radius 1 is 1.33 bits per heavy atom. The predicted octanol–water partition coefficient (Wildman–Crippen LogP) is 1.22. The summed E-state index contributed by atoms with van der Waals surface area (Å²) < 4.78 is 4.82. The van der Waals surface area contributed by atoms with Crippen LogP contribution in [0, 0.1) is 0 Å². The van der Waals surface area contributed by atoms with Gasteiger partial charge in [-0.3, -0.25) is 4.79 Å². The van der Waals surface area contributed by atoms with E-state index < -0.39 is 22.6 Å². The van der Waals surface area contributed by atoms with Gasteiger partial charge in [0.15, 0.2) is 0 Å². The van der Waals surface area contributed by atoms with Gasteiger partial charge in [-0.05, 0) is 27.7 Å². The molecule has 12 heavy (non-hydrogen) atoms. The zero-order chi connectivity index (χ0) is 9.94. The summed E-state index contributed by atoms with van der Waals surface area (Å²) >= 11 is 3.83. The molecule has 0 aliphatic heterocycles. The minimum atomic E-state index is -0.815. The number of ketones is 1. The standard InChI is InChI=1S/C8H14O3S/c1-5(12)6(9)7(10)11-8(2,3)4/h5,12H,1-4H3. The van der Waals surface area contributed by atoms with Gasteiger partial charge in [0.1, 0.15) is 5.60 Å². The summed E-state index contributed by atoms with van der Waals surface area (Å²) in [6.45, 7) is 6.67. The van der Waals surface area contributed by atoms with Crippen LogP contribution >= 0.6 is 12.6 Å². The van der Waals surface area contributed by atoms with Crippen LogP contribution in [-0.2, 0) is 14.3 Å². The molecule has 0 fully saturated rings. The summed E-state index contributed by atoms with van der Waals surface area (Å²) in [6.07, 6.45) is 0. The molecule has 0 aromatic heterocycles. The van der Waals surface area contributed by atoms with Crippen LogP contribution in [0.2, 0.25) is 0 Å². The van der Waals surface area contributed by atoms with E-state index in [4.69, 9.17) is 4.74 Å². The minimum absolute atomic E-state index is 0.597. The van der Waals surface area contributed by atoms with Crippen molar-refractivity contribution < 1.29 is 14.3 Å². The SMILES string of the molecule is CC(S)C(=O)C(=O)OC(C)(C)C. The van der Waals surface area contributed by atoms with Crippen molar-refractivity contribution in [1.82, 2.24) is 0 Å². The number of carbonyl (C=O) groups excluding carboxylic acids is 2. The summed E-state index contributed by atoms with van der Waals surface area (Å²) in [5.74, 6) is -1.42. The van der Waals surface area contributed by atoms with Gasteiger partial charge in [0.2, 0.25) is 0 Å². The Hall–Kier alpha value is -0.510. The average molecular weight is 190 g/mol. The molecule has 3 nitrogen and oxygen atoms in total. The molecule has 0 saturated heterocycles. The lowest BCUT2D eigenvalue weighted by molar-refractivity contribution is -0.162. The first-order chi connectivity index (χ1) is 5.24. The molecular formula is C8H14O3S. The van der Waals surface area contributed by atoms with Gasteiger partial charge in [-0.2, -0.15) is 12.6 Å². The summed E-state index contributed by atoms with van der Waals surface area (Å²) in [5, 5.41) is -0.597. The van der Waals surface area contributed by atoms with Gasteiger partial charge in [0, 0.05) is 0 Å². The second kappa shape index (κ2) is 3.94. The third-order valence-electron chi connectivity index (χ3n) is 0.980. The van der Waals surface area contributed by atoms with Gasteiger partial charge in [-0.15, -0.1) is 0 Å². The topological polar surface area (TPSA) is 43.4 Å². The Bertz CT molecular complexity index is 191. The van der Waals surface area contributed by atoms with Crippen LogP contribution in [0.5, 0.6) is 0 Å². The molecule has 0 radical (unpaired) electrons. The average Bonchev–Trinajstić information content (AvgIpc) is 1.82. The number of carbonyl (C=O) groups is 2. The summed E-state index contributed by atoms with van der Waals surface area (Å²) in [6, 6.07) is 0. The molecule has 0 amide bonds. The highest BCUT2D eigenvalue weighted by Crippen LogP contribution is 2.08. The van der Waals surface area contributed by atoms with E-state index >= 15 is 0 Å². The number of ether oxygens (including phenoxy) is 1. The number of thiol groups is 1. The highest BCUT2D eigenvalue weighted by molar-refractivity contribution is 7.82. The van der Waals surface area contributed by atoms with E-state index in [9.17, 15) is 9.59 Å². The molecule has 4 heteroatoms. The first-order valence-electron chi connectivity index (χ1n) is 3.69. The molecule has 0 aliphatic rings. The third kappa shape index (κ3) is 4.38. The van der Waals surface area contributed by atoms with Crippen LogP contribution in [0.1, 0.15) is 27.7 Å². The van der Waals surface area contributed by atoms with E-state index in [0.29, 0.717) is 0 Å². The van der Waals surface area contributed by atoms with Gasteiger partial charge < -0.3 is 4.74 Å². The van der Waals surface area contributed by atoms with Crippen LogP contribution in [0.25, 0.3) is 0 Å². The molecule has 1 unspecified atom stereocenters. The number of hydrogen-bond acceptors (Lipinski definition) is 4. The summed E-state index contributed by atoms with van der Waals surface area (Å²) in [7, 11) is 0. The first-order valence-corrected chi connectivity index (χ1v) is 4.21. The van der Waals surface area contributed by atoms with Gasteiger partial charge in [0.25, 0.3) is 5.78 Å². The third-order valence-corrected chi connectivity index (χ3v) is 1.21. The number of rotatable bonds is 2. The van der Waals surface area contributed by atoms with Crippen molar-refractivity contribution in [1.29, 1.82) is 0 Å². The number of hydrogen-bond donors (Lipinski definition) is 1. The lowest BCUT2D eigenvalue weighted by atomic mass is 10.2. The normalized spacial score (nSPS) is 13.8.